The Labute approximate surface area is 88.1 Å². The number of rotatable bonds is 3. The van der Waals surface area contributed by atoms with Gasteiger partial charge in [0.15, 0.2) is 0 Å². The first kappa shape index (κ1) is 11.5. The van der Waals surface area contributed by atoms with Crippen LogP contribution in [0.5, 0.6) is 0 Å². The maximum absolute atomic E-state index is 7.49. The van der Waals surface area contributed by atoms with Crippen LogP contribution >= 0.6 is 0 Å². The molecule has 0 aromatic heterocycles. The topological polar surface area (TPSA) is 23.9 Å². The van der Waals surface area contributed by atoms with E-state index in [2.05, 4.69) is 20.8 Å². The van der Waals surface area contributed by atoms with Crippen LogP contribution in [0.15, 0.2) is 11.1 Å². The largest absolute Gasteiger partial charge is 0.310 e. The van der Waals surface area contributed by atoms with Crippen molar-refractivity contribution in [2.45, 2.75) is 59.8 Å². The fraction of sp³-hybridized carbons (Fsp3) is 0.769. The van der Waals surface area contributed by atoms with E-state index in [-0.39, 0.29) is 0 Å². The highest BCUT2D eigenvalue weighted by molar-refractivity contribution is 5.78. The summed E-state index contributed by atoms with van der Waals surface area (Å²) in [6.07, 6.45) is 5.97. The van der Waals surface area contributed by atoms with E-state index in [1.54, 1.807) is 11.1 Å². The standard InChI is InChI=1S/C13H23N/c1-10-6-5-9-13(3,4)12(10)8-7-11(2)14/h14H,5-9H2,1-4H3. The zero-order chi connectivity index (χ0) is 10.8. The lowest BCUT2D eigenvalue weighted by Crippen LogP contribution is -2.20. The molecule has 0 atom stereocenters. The Hall–Kier alpha value is -0.590. The molecule has 1 rings (SSSR count). The Morgan fingerprint density at radius 2 is 2.07 bits per heavy atom. The molecule has 0 amide bonds. The van der Waals surface area contributed by atoms with Gasteiger partial charge in [0.05, 0.1) is 0 Å². The summed E-state index contributed by atoms with van der Waals surface area (Å²) < 4.78 is 0. The predicted molar refractivity (Wildman–Crippen MR) is 63.0 cm³/mol. The molecule has 0 unspecified atom stereocenters. The second-order valence-electron chi connectivity index (χ2n) is 5.28. The molecule has 1 aliphatic carbocycles. The maximum atomic E-state index is 7.49. The van der Waals surface area contributed by atoms with Gasteiger partial charge in [0.1, 0.15) is 0 Å². The molecule has 14 heavy (non-hydrogen) atoms. The Morgan fingerprint density at radius 1 is 1.43 bits per heavy atom. The van der Waals surface area contributed by atoms with E-state index in [9.17, 15) is 0 Å². The van der Waals surface area contributed by atoms with Gasteiger partial charge in [-0.3, -0.25) is 0 Å². The molecule has 0 aromatic rings. The minimum atomic E-state index is 0.387. The van der Waals surface area contributed by atoms with Gasteiger partial charge in [0, 0.05) is 5.71 Å². The van der Waals surface area contributed by atoms with E-state index in [1.165, 1.54) is 19.3 Å². The van der Waals surface area contributed by atoms with Crippen molar-refractivity contribution < 1.29 is 0 Å². The summed E-state index contributed by atoms with van der Waals surface area (Å²) in [5.41, 5.74) is 4.40. The summed E-state index contributed by atoms with van der Waals surface area (Å²) in [5, 5.41) is 7.49. The van der Waals surface area contributed by atoms with Gasteiger partial charge >= 0.3 is 0 Å². The minimum Gasteiger partial charge on any atom is -0.310 e. The van der Waals surface area contributed by atoms with E-state index in [4.69, 9.17) is 5.41 Å². The molecule has 80 valence electrons. The van der Waals surface area contributed by atoms with Crippen LogP contribution in [0.25, 0.3) is 0 Å². The monoisotopic (exact) mass is 193 g/mol. The Balaban J connectivity index is 2.75. The van der Waals surface area contributed by atoms with Crippen molar-refractivity contribution in [3.63, 3.8) is 0 Å². The fourth-order valence-corrected chi connectivity index (χ4v) is 2.54. The van der Waals surface area contributed by atoms with Crippen molar-refractivity contribution in [2.24, 2.45) is 5.41 Å². The molecular weight excluding hydrogens is 170 g/mol. The summed E-state index contributed by atoms with van der Waals surface area (Å²) in [5.74, 6) is 0. The highest BCUT2D eigenvalue weighted by Gasteiger charge is 2.27. The molecule has 0 saturated heterocycles. The molecule has 1 aliphatic rings. The highest BCUT2D eigenvalue weighted by atomic mass is 14.4. The fourth-order valence-electron chi connectivity index (χ4n) is 2.54. The number of hydrogen-bond acceptors (Lipinski definition) is 1. The van der Waals surface area contributed by atoms with E-state index in [0.717, 1.165) is 18.6 Å². The van der Waals surface area contributed by atoms with E-state index >= 15 is 0 Å². The SMILES string of the molecule is CC(=N)CCC1=C(C)CCCC1(C)C. The van der Waals surface area contributed by atoms with Crippen LogP contribution in [0.1, 0.15) is 59.8 Å². The van der Waals surface area contributed by atoms with E-state index in [0.29, 0.717) is 5.41 Å². The zero-order valence-corrected chi connectivity index (χ0v) is 10.0. The molecule has 1 N–H and O–H groups in total. The molecule has 0 spiro atoms. The first-order valence-corrected chi connectivity index (χ1v) is 5.66. The highest BCUT2D eigenvalue weighted by Crippen LogP contribution is 2.42. The second kappa shape index (κ2) is 4.29. The minimum absolute atomic E-state index is 0.387. The third kappa shape index (κ3) is 2.70. The van der Waals surface area contributed by atoms with Crippen LogP contribution in [0, 0.1) is 10.8 Å². The summed E-state index contributed by atoms with van der Waals surface area (Å²) in [7, 11) is 0. The quantitative estimate of drug-likeness (QED) is 0.509. The molecule has 0 heterocycles. The lowest BCUT2D eigenvalue weighted by atomic mass is 9.71. The van der Waals surface area contributed by atoms with Crippen molar-refractivity contribution >= 4 is 5.71 Å². The van der Waals surface area contributed by atoms with Gasteiger partial charge in [-0.2, -0.15) is 0 Å². The third-order valence-electron chi connectivity index (χ3n) is 3.44. The molecule has 0 aromatic carbocycles. The van der Waals surface area contributed by atoms with Crippen molar-refractivity contribution in [1.29, 1.82) is 5.41 Å². The van der Waals surface area contributed by atoms with Crippen LogP contribution in [-0.4, -0.2) is 5.71 Å². The molecule has 0 aliphatic heterocycles. The number of allylic oxidation sites excluding steroid dienone is 2. The summed E-state index contributed by atoms with van der Waals surface area (Å²) >= 11 is 0. The van der Waals surface area contributed by atoms with Gasteiger partial charge < -0.3 is 5.41 Å². The maximum Gasteiger partial charge on any atom is 0.00614 e. The van der Waals surface area contributed by atoms with Crippen molar-refractivity contribution in [2.75, 3.05) is 0 Å². The number of nitrogens with one attached hydrogen (secondary N) is 1. The zero-order valence-electron chi connectivity index (χ0n) is 10.0. The van der Waals surface area contributed by atoms with Crippen LogP contribution < -0.4 is 0 Å². The van der Waals surface area contributed by atoms with Gasteiger partial charge in [0.2, 0.25) is 0 Å². The van der Waals surface area contributed by atoms with E-state index in [1.807, 2.05) is 6.92 Å². The van der Waals surface area contributed by atoms with Gasteiger partial charge in [-0.1, -0.05) is 25.0 Å². The van der Waals surface area contributed by atoms with Crippen LogP contribution in [0.3, 0.4) is 0 Å². The molecule has 0 saturated carbocycles. The Bertz CT molecular complexity index is 258. The van der Waals surface area contributed by atoms with Gasteiger partial charge in [-0.15, -0.1) is 0 Å². The lowest BCUT2D eigenvalue weighted by Gasteiger charge is -2.34. The molecular formula is C13H23N. The Morgan fingerprint density at radius 3 is 2.57 bits per heavy atom. The smallest absolute Gasteiger partial charge is 0.00614 e. The third-order valence-corrected chi connectivity index (χ3v) is 3.44. The summed E-state index contributed by atoms with van der Waals surface area (Å²) in [6.45, 7) is 8.88. The van der Waals surface area contributed by atoms with E-state index < -0.39 is 0 Å². The molecule has 1 nitrogen and oxygen atoms in total. The Kier molecular flexibility index (Phi) is 3.52. The van der Waals surface area contributed by atoms with Gasteiger partial charge in [-0.05, 0) is 51.4 Å². The normalized spacial score (nSPS) is 21.1. The second-order valence-corrected chi connectivity index (χ2v) is 5.28. The average molecular weight is 193 g/mol. The molecule has 0 bridgehead atoms. The van der Waals surface area contributed by atoms with Crippen LogP contribution in [-0.2, 0) is 0 Å². The predicted octanol–water partition coefficient (Wildman–Crippen LogP) is 4.33. The van der Waals surface area contributed by atoms with Gasteiger partial charge in [0.25, 0.3) is 0 Å². The van der Waals surface area contributed by atoms with Crippen molar-refractivity contribution in [1.82, 2.24) is 0 Å². The first-order valence-electron chi connectivity index (χ1n) is 5.66. The van der Waals surface area contributed by atoms with Crippen LogP contribution in [0.4, 0.5) is 0 Å². The molecule has 1 heteroatoms. The number of hydrogen-bond donors (Lipinski definition) is 1. The summed E-state index contributed by atoms with van der Waals surface area (Å²) in [6, 6.07) is 0. The van der Waals surface area contributed by atoms with Crippen molar-refractivity contribution in [3.05, 3.63) is 11.1 Å². The first-order chi connectivity index (χ1) is 6.43. The average Bonchev–Trinajstić information content (AvgIpc) is 2.01. The van der Waals surface area contributed by atoms with Crippen molar-refractivity contribution in [3.8, 4) is 0 Å². The van der Waals surface area contributed by atoms with Crippen LogP contribution in [0.2, 0.25) is 0 Å². The lowest BCUT2D eigenvalue weighted by molar-refractivity contribution is 0.355. The molecule has 0 radical (unpaired) electrons. The molecule has 0 fully saturated rings. The summed E-state index contributed by atoms with van der Waals surface area (Å²) in [4.78, 5) is 0. The van der Waals surface area contributed by atoms with Gasteiger partial charge in [-0.25, -0.2) is 0 Å².